The molecule has 0 bridgehead atoms. The smallest absolute Gasteiger partial charge is 0.246 e. The van der Waals surface area contributed by atoms with Crippen LogP contribution >= 0.6 is 81.2 Å². The van der Waals surface area contributed by atoms with Gasteiger partial charge in [0.2, 0.25) is 11.8 Å². The van der Waals surface area contributed by atoms with E-state index in [1.165, 1.54) is 0 Å². The molecule has 1 heterocycles. The summed E-state index contributed by atoms with van der Waals surface area (Å²) >= 11 is 41.0. The average Bonchev–Trinajstić information content (AvgIpc) is 2.97. The number of carbonyl (C=O) groups is 2. The van der Waals surface area contributed by atoms with Gasteiger partial charge in [-0.1, -0.05) is 87.8 Å². The van der Waals surface area contributed by atoms with Gasteiger partial charge in [-0.05, 0) is 36.4 Å². The van der Waals surface area contributed by atoms with Crippen molar-refractivity contribution in [2.75, 3.05) is 32.3 Å². The van der Waals surface area contributed by atoms with Crippen molar-refractivity contribution in [3.8, 4) is 0 Å². The van der Waals surface area contributed by atoms with E-state index in [0.717, 1.165) is 0 Å². The fourth-order valence-corrected chi connectivity index (χ4v) is 5.86. The first-order valence-electron chi connectivity index (χ1n) is 12.5. The Labute approximate surface area is 284 Å². The quantitative estimate of drug-likeness (QED) is 0.175. The zero-order valence-corrected chi connectivity index (χ0v) is 27.6. The molecular weight excluding hydrogens is 706 g/mol. The molecule has 15 heteroatoms. The minimum absolute atomic E-state index is 0.0958. The van der Waals surface area contributed by atoms with Gasteiger partial charge in [-0.15, -0.1) is 11.6 Å². The molecule has 1 aliphatic heterocycles. The molecule has 8 nitrogen and oxygen atoms in total. The molecule has 0 spiro atoms. The lowest BCUT2D eigenvalue weighted by atomic mass is 10.1. The van der Waals surface area contributed by atoms with Crippen LogP contribution in [-0.2, 0) is 14.3 Å². The molecule has 1 aliphatic rings. The lowest BCUT2D eigenvalue weighted by Crippen LogP contribution is -2.39. The van der Waals surface area contributed by atoms with Crippen LogP contribution in [0.15, 0.2) is 54.6 Å². The van der Waals surface area contributed by atoms with Crippen molar-refractivity contribution in [3.05, 3.63) is 101 Å². The Kier molecular flexibility index (Phi) is 16.7. The minimum Gasteiger partial charge on any atom is -0.394 e. The molecule has 3 aromatic carbocycles. The van der Waals surface area contributed by atoms with Crippen molar-refractivity contribution < 1.29 is 24.5 Å². The first kappa shape index (κ1) is 37.7. The number of ether oxygens (including phenoxy) is 1. The highest BCUT2D eigenvalue weighted by molar-refractivity contribution is 6.37. The number of nitrogens with two attached hydrogens (primary N) is 1. The summed E-state index contributed by atoms with van der Waals surface area (Å²) in [6, 6.07) is 13.9. The fourth-order valence-electron chi connectivity index (χ4n) is 3.79. The van der Waals surface area contributed by atoms with Crippen molar-refractivity contribution in [2.24, 2.45) is 5.73 Å². The highest BCUT2D eigenvalue weighted by atomic mass is 35.5. The van der Waals surface area contributed by atoms with Crippen molar-refractivity contribution in [1.29, 1.82) is 0 Å². The van der Waals surface area contributed by atoms with Crippen LogP contribution < -0.4 is 16.4 Å². The third-order valence-corrected chi connectivity index (χ3v) is 7.98. The number of aliphatic hydroxyl groups is 2. The molecule has 0 aromatic heterocycles. The Morgan fingerprint density at radius 2 is 1.33 bits per heavy atom. The first-order chi connectivity index (χ1) is 20.4. The summed E-state index contributed by atoms with van der Waals surface area (Å²) in [4.78, 5) is 22.3. The van der Waals surface area contributed by atoms with Crippen LogP contribution in [0.2, 0.25) is 30.1 Å². The van der Waals surface area contributed by atoms with Crippen LogP contribution in [0, 0.1) is 0 Å². The van der Waals surface area contributed by atoms with E-state index in [-0.39, 0.29) is 37.6 Å². The van der Waals surface area contributed by atoms with E-state index < -0.39 is 18.0 Å². The van der Waals surface area contributed by atoms with Gasteiger partial charge in [0.05, 0.1) is 37.9 Å². The molecule has 3 unspecified atom stereocenters. The molecule has 1 saturated heterocycles. The van der Waals surface area contributed by atoms with Crippen LogP contribution in [0.5, 0.6) is 0 Å². The van der Waals surface area contributed by atoms with E-state index in [0.29, 0.717) is 53.4 Å². The maximum atomic E-state index is 11.1. The molecule has 3 aromatic rings. The molecule has 0 radical (unpaired) electrons. The summed E-state index contributed by atoms with van der Waals surface area (Å²) < 4.78 is 5.13. The SMILES string of the molecule is NC(CO)c1c(Cl)cccc1Cl.O=C(CCl)NC(CO)c1c(Cl)cccc1Cl.O=C1COCC(c2c(Cl)cccc2Cl)N1. The van der Waals surface area contributed by atoms with Gasteiger partial charge in [0.1, 0.15) is 12.5 Å². The average molecular weight is 735 g/mol. The molecule has 0 saturated carbocycles. The first-order valence-corrected chi connectivity index (χ1v) is 15.3. The van der Waals surface area contributed by atoms with Gasteiger partial charge in [0.25, 0.3) is 0 Å². The molecule has 234 valence electrons. The summed E-state index contributed by atoms with van der Waals surface area (Å²) in [5.41, 5.74) is 7.39. The van der Waals surface area contributed by atoms with E-state index in [9.17, 15) is 14.7 Å². The Hall–Kier alpha value is -1.53. The monoisotopic (exact) mass is 731 g/mol. The number of amides is 2. The normalized spacial score (nSPS) is 15.6. The molecule has 6 N–H and O–H groups in total. The molecule has 3 atom stereocenters. The van der Waals surface area contributed by atoms with Crippen LogP contribution in [0.25, 0.3) is 0 Å². The highest BCUT2D eigenvalue weighted by Crippen LogP contribution is 2.32. The third kappa shape index (κ3) is 11.4. The van der Waals surface area contributed by atoms with E-state index >= 15 is 0 Å². The summed E-state index contributed by atoms with van der Waals surface area (Å²) in [6.45, 7) is 0.0311. The largest absolute Gasteiger partial charge is 0.394 e. The summed E-state index contributed by atoms with van der Waals surface area (Å²) in [5, 5.41) is 26.1. The number of nitrogens with one attached hydrogen (secondary N) is 2. The number of rotatable bonds is 7. The molecular formula is C28H28Cl7N3O5. The molecule has 43 heavy (non-hydrogen) atoms. The zero-order chi connectivity index (χ0) is 32.1. The van der Waals surface area contributed by atoms with Gasteiger partial charge in [0, 0.05) is 46.8 Å². The van der Waals surface area contributed by atoms with Gasteiger partial charge < -0.3 is 31.3 Å². The number of hydrogen-bond acceptors (Lipinski definition) is 6. The Bertz CT molecular complexity index is 1320. The number of halogens is 7. The Morgan fingerprint density at radius 3 is 1.74 bits per heavy atom. The highest BCUT2D eigenvalue weighted by Gasteiger charge is 2.24. The van der Waals surface area contributed by atoms with E-state index in [1.54, 1.807) is 54.6 Å². The second-order valence-corrected chi connectivity index (χ2v) is 11.5. The number of carbonyl (C=O) groups excluding carboxylic acids is 2. The van der Waals surface area contributed by atoms with E-state index in [1.807, 2.05) is 0 Å². The van der Waals surface area contributed by atoms with Gasteiger partial charge in [-0.25, -0.2) is 0 Å². The second kappa shape index (κ2) is 19.1. The van der Waals surface area contributed by atoms with Gasteiger partial charge in [0.15, 0.2) is 0 Å². The molecule has 4 rings (SSSR count). The number of alkyl halides is 1. The predicted molar refractivity (Wildman–Crippen MR) is 174 cm³/mol. The molecule has 1 fully saturated rings. The van der Waals surface area contributed by atoms with Crippen LogP contribution in [-0.4, -0.2) is 54.3 Å². The van der Waals surface area contributed by atoms with E-state index in [4.69, 9.17) is 96.8 Å². The maximum Gasteiger partial charge on any atom is 0.246 e. The maximum absolute atomic E-state index is 11.1. The van der Waals surface area contributed by atoms with Crippen molar-refractivity contribution >= 4 is 93.0 Å². The van der Waals surface area contributed by atoms with Gasteiger partial charge in [-0.3, -0.25) is 9.59 Å². The summed E-state index contributed by atoms with van der Waals surface area (Å²) in [6.07, 6.45) is 0. The Morgan fingerprint density at radius 1 is 0.860 bits per heavy atom. The zero-order valence-electron chi connectivity index (χ0n) is 22.3. The summed E-state index contributed by atoms with van der Waals surface area (Å²) in [7, 11) is 0. The van der Waals surface area contributed by atoms with Gasteiger partial charge >= 0.3 is 0 Å². The van der Waals surface area contributed by atoms with Crippen molar-refractivity contribution in [2.45, 2.75) is 18.1 Å². The van der Waals surface area contributed by atoms with Gasteiger partial charge in [-0.2, -0.15) is 0 Å². The number of benzene rings is 3. The second-order valence-electron chi connectivity index (χ2n) is 8.77. The Balaban J connectivity index is 0.000000227. The van der Waals surface area contributed by atoms with Crippen molar-refractivity contribution in [1.82, 2.24) is 10.6 Å². The topological polar surface area (TPSA) is 134 Å². The summed E-state index contributed by atoms with van der Waals surface area (Å²) in [5.74, 6) is -0.725. The minimum atomic E-state index is -0.646. The predicted octanol–water partition coefficient (Wildman–Crippen LogP) is 6.55. The van der Waals surface area contributed by atoms with Crippen molar-refractivity contribution in [3.63, 3.8) is 0 Å². The van der Waals surface area contributed by atoms with Crippen LogP contribution in [0.4, 0.5) is 0 Å². The third-order valence-electron chi connectivity index (χ3n) is 5.76. The lowest BCUT2D eigenvalue weighted by Gasteiger charge is -2.25. The number of morpholine rings is 1. The molecule has 2 amide bonds. The molecule has 0 aliphatic carbocycles. The lowest BCUT2D eigenvalue weighted by molar-refractivity contribution is -0.131. The standard InChI is InChI=1S/C10H10Cl3NO2.C10H9Cl2NO2.C8H9Cl2NO/c11-4-9(16)14-8(5-15)10-6(12)2-1-3-7(10)13;11-6-2-1-3-7(12)10(6)8-4-15-5-9(14)13-8;9-5-2-1-3-6(10)8(5)7(11)4-12/h1-3,8,15H,4-5H2,(H,14,16);1-3,8H,4-5H2,(H,13,14);1-3,7,12H,4,11H2. The van der Waals surface area contributed by atoms with Crippen LogP contribution in [0.1, 0.15) is 34.8 Å². The number of aliphatic hydroxyl groups excluding tert-OH is 2. The fraction of sp³-hybridized carbons (Fsp3) is 0.286. The number of hydrogen-bond donors (Lipinski definition) is 5. The van der Waals surface area contributed by atoms with Crippen LogP contribution in [0.3, 0.4) is 0 Å². The van der Waals surface area contributed by atoms with E-state index in [2.05, 4.69) is 10.6 Å².